The van der Waals surface area contributed by atoms with Crippen LogP contribution >= 0.6 is 0 Å². The maximum Gasteiger partial charge on any atom is 0.261 e. The fourth-order valence-electron chi connectivity index (χ4n) is 4.57. The molecule has 5 heterocycles. The molecule has 3 aromatic rings. The quantitative estimate of drug-likeness (QED) is 0.673. The summed E-state index contributed by atoms with van der Waals surface area (Å²) in [4.78, 5) is 36.8. The number of hydrogen-bond acceptors (Lipinski definition) is 6. The fraction of sp³-hybridized carbons (Fsp3) is 0.130. The van der Waals surface area contributed by atoms with Gasteiger partial charge in [0.05, 0.1) is 28.8 Å². The smallest absolute Gasteiger partial charge is 0.261 e. The van der Waals surface area contributed by atoms with Gasteiger partial charge in [-0.25, -0.2) is 0 Å². The van der Waals surface area contributed by atoms with Crippen molar-refractivity contribution < 1.29 is 14.0 Å². The maximum absolute atomic E-state index is 13.0. The zero-order chi connectivity index (χ0) is 20.4. The van der Waals surface area contributed by atoms with Crippen molar-refractivity contribution in [1.29, 1.82) is 0 Å². The van der Waals surface area contributed by atoms with Crippen molar-refractivity contribution in [2.24, 2.45) is 4.99 Å². The van der Waals surface area contributed by atoms with E-state index in [2.05, 4.69) is 33.2 Å². The molecule has 0 aliphatic carbocycles. The fourth-order valence-corrected chi connectivity index (χ4v) is 4.57. The normalized spacial score (nSPS) is 20.0. The van der Waals surface area contributed by atoms with Gasteiger partial charge >= 0.3 is 0 Å². The Kier molecular flexibility index (Phi) is 3.38. The second-order valence-electron chi connectivity index (χ2n) is 7.61. The van der Waals surface area contributed by atoms with E-state index in [9.17, 15) is 9.59 Å². The Balaban J connectivity index is 1.64. The Morgan fingerprint density at radius 2 is 1.97 bits per heavy atom. The maximum atomic E-state index is 13.0. The highest BCUT2D eigenvalue weighted by Crippen LogP contribution is 2.40. The molecule has 6 rings (SSSR count). The Morgan fingerprint density at radius 1 is 1.10 bits per heavy atom. The van der Waals surface area contributed by atoms with E-state index in [-0.39, 0.29) is 11.1 Å². The lowest BCUT2D eigenvalue weighted by molar-refractivity contribution is -0.123. The highest BCUT2D eigenvalue weighted by Gasteiger charge is 2.39. The highest BCUT2D eigenvalue weighted by molar-refractivity contribution is 6.48. The highest BCUT2D eigenvalue weighted by atomic mass is 16.3. The van der Waals surface area contributed by atoms with Crippen LogP contribution in [0.3, 0.4) is 0 Å². The average molecular weight is 396 g/mol. The van der Waals surface area contributed by atoms with Crippen LogP contribution in [0.25, 0.3) is 16.5 Å². The van der Waals surface area contributed by atoms with Crippen molar-refractivity contribution in [1.82, 2.24) is 10.3 Å². The molecule has 3 aliphatic rings. The van der Waals surface area contributed by atoms with Gasteiger partial charge < -0.3 is 9.32 Å². The molecule has 7 heteroatoms. The van der Waals surface area contributed by atoms with Gasteiger partial charge in [-0.3, -0.25) is 24.9 Å². The Labute approximate surface area is 171 Å². The number of nitrogens with zero attached hydrogens (tertiary/aromatic N) is 3. The molecule has 146 valence electrons. The van der Waals surface area contributed by atoms with Crippen LogP contribution in [-0.2, 0) is 16.0 Å². The minimum Gasteiger partial charge on any atom is -0.464 e. The third-order valence-corrected chi connectivity index (χ3v) is 5.85. The first-order valence-corrected chi connectivity index (χ1v) is 9.70. The van der Waals surface area contributed by atoms with Crippen LogP contribution in [0.1, 0.15) is 23.6 Å². The predicted molar refractivity (Wildman–Crippen MR) is 112 cm³/mol. The van der Waals surface area contributed by atoms with Crippen molar-refractivity contribution in [3.8, 4) is 0 Å². The van der Waals surface area contributed by atoms with Gasteiger partial charge in [-0.15, -0.1) is 0 Å². The SMILES string of the molecule is CC1Cc2cccc3c2N1C=CN=C3C1=C(c2cncc3ccoc23)C(=O)NC1=O. The summed E-state index contributed by atoms with van der Waals surface area (Å²) in [6.45, 7) is 2.15. The Morgan fingerprint density at radius 3 is 2.87 bits per heavy atom. The van der Waals surface area contributed by atoms with E-state index in [1.165, 1.54) is 5.56 Å². The molecule has 1 unspecified atom stereocenters. The van der Waals surface area contributed by atoms with Gasteiger partial charge in [-0.2, -0.15) is 0 Å². The number of furan rings is 1. The van der Waals surface area contributed by atoms with Gasteiger partial charge in [0.1, 0.15) is 5.58 Å². The zero-order valence-corrected chi connectivity index (χ0v) is 16.0. The molecule has 2 aromatic heterocycles. The van der Waals surface area contributed by atoms with Crippen molar-refractivity contribution >= 4 is 39.8 Å². The number of fused-ring (bicyclic) bond motifs is 1. The van der Waals surface area contributed by atoms with Crippen molar-refractivity contribution in [2.45, 2.75) is 19.4 Å². The topological polar surface area (TPSA) is 87.8 Å². The van der Waals surface area contributed by atoms with Crippen molar-refractivity contribution in [2.75, 3.05) is 4.90 Å². The molecule has 30 heavy (non-hydrogen) atoms. The number of imide groups is 1. The number of aliphatic imine (C=N–C) groups is 1. The first-order chi connectivity index (χ1) is 14.6. The number of aromatic nitrogens is 1. The van der Waals surface area contributed by atoms with E-state index in [4.69, 9.17) is 4.42 Å². The molecular weight excluding hydrogens is 380 g/mol. The molecule has 3 aliphatic heterocycles. The summed E-state index contributed by atoms with van der Waals surface area (Å²) in [5.41, 5.74) is 5.00. The van der Waals surface area contributed by atoms with Gasteiger partial charge in [0.25, 0.3) is 11.8 Å². The molecule has 0 spiro atoms. The number of nitrogens with one attached hydrogen (secondary N) is 1. The zero-order valence-electron chi connectivity index (χ0n) is 16.0. The third-order valence-electron chi connectivity index (χ3n) is 5.85. The number of pyridine rings is 1. The van der Waals surface area contributed by atoms with Crippen LogP contribution in [0.2, 0.25) is 0 Å². The molecule has 7 nitrogen and oxygen atoms in total. The number of amides is 2. The first-order valence-electron chi connectivity index (χ1n) is 9.70. The lowest BCUT2D eigenvalue weighted by atomic mass is 9.93. The number of carbonyl (C=O) groups excluding carboxylic acids is 2. The first kappa shape index (κ1) is 16.9. The Bertz CT molecular complexity index is 1360. The summed E-state index contributed by atoms with van der Waals surface area (Å²) >= 11 is 0. The molecule has 0 saturated heterocycles. The minimum absolute atomic E-state index is 0.234. The third kappa shape index (κ3) is 2.20. The molecule has 2 amide bonds. The van der Waals surface area contributed by atoms with E-state index in [1.54, 1.807) is 30.9 Å². The van der Waals surface area contributed by atoms with Crippen LogP contribution in [-0.4, -0.2) is 28.6 Å². The summed E-state index contributed by atoms with van der Waals surface area (Å²) in [6.07, 6.45) is 9.28. The van der Waals surface area contributed by atoms with Crippen LogP contribution in [0.5, 0.6) is 0 Å². The van der Waals surface area contributed by atoms with Gasteiger partial charge in [0.2, 0.25) is 0 Å². The van der Waals surface area contributed by atoms with E-state index in [0.29, 0.717) is 22.9 Å². The second-order valence-corrected chi connectivity index (χ2v) is 7.61. The lowest BCUT2D eigenvalue weighted by Gasteiger charge is -2.21. The second kappa shape index (κ2) is 6.00. The summed E-state index contributed by atoms with van der Waals surface area (Å²) in [7, 11) is 0. The monoisotopic (exact) mass is 396 g/mol. The van der Waals surface area contributed by atoms with Gasteiger partial charge in [-0.05, 0) is 25.0 Å². The van der Waals surface area contributed by atoms with Crippen LogP contribution in [0.15, 0.2) is 70.3 Å². The van der Waals surface area contributed by atoms with Gasteiger partial charge in [-0.1, -0.05) is 18.2 Å². The minimum atomic E-state index is -0.477. The van der Waals surface area contributed by atoms with Gasteiger partial charge in [0.15, 0.2) is 0 Å². The van der Waals surface area contributed by atoms with Gasteiger partial charge in [0, 0.05) is 47.3 Å². The molecular formula is C23H16N4O3. The van der Waals surface area contributed by atoms with E-state index >= 15 is 0 Å². The van der Waals surface area contributed by atoms with Crippen LogP contribution in [0.4, 0.5) is 5.69 Å². The molecule has 0 bridgehead atoms. The number of para-hydroxylation sites is 1. The largest absolute Gasteiger partial charge is 0.464 e. The number of hydrogen-bond donors (Lipinski definition) is 1. The molecule has 1 N–H and O–H groups in total. The van der Waals surface area contributed by atoms with Crippen LogP contribution < -0.4 is 10.2 Å². The molecule has 1 aromatic carbocycles. The average Bonchev–Trinajstić information content (AvgIpc) is 3.36. The van der Waals surface area contributed by atoms with Crippen LogP contribution in [0, 0.1) is 0 Å². The number of benzene rings is 1. The Hall–Kier alpha value is -4.00. The lowest BCUT2D eigenvalue weighted by Crippen LogP contribution is -2.26. The summed E-state index contributed by atoms with van der Waals surface area (Å²) in [5, 5.41) is 3.19. The summed E-state index contributed by atoms with van der Waals surface area (Å²) < 4.78 is 5.61. The summed E-state index contributed by atoms with van der Waals surface area (Å²) in [5.74, 6) is -0.947. The summed E-state index contributed by atoms with van der Waals surface area (Å²) in [6, 6.07) is 8.07. The predicted octanol–water partition coefficient (Wildman–Crippen LogP) is 2.96. The standard InChI is InChI=1S/C23H16N4O3/c1-12-9-13-3-2-4-15-19(25-6-7-27(12)20(13)15)18-17(22(28)26-23(18)29)16-11-24-10-14-5-8-30-21(14)16/h2-8,10-12H,9H2,1H3,(H,26,28,29). The van der Waals surface area contributed by atoms with Crippen molar-refractivity contribution in [3.63, 3.8) is 0 Å². The van der Waals surface area contributed by atoms with Crippen molar-refractivity contribution in [3.05, 3.63) is 77.6 Å². The number of carbonyl (C=O) groups is 2. The number of rotatable bonds is 2. The molecule has 1 atom stereocenters. The molecule has 0 saturated carbocycles. The molecule has 0 radical (unpaired) electrons. The van der Waals surface area contributed by atoms with E-state index < -0.39 is 11.8 Å². The van der Waals surface area contributed by atoms with E-state index in [1.807, 2.05) is 18.3 Å². The van der Waals surface area contributed by atoms with E-state index in [0.717, 1.165) is 23.1 Å². The molecule has 0 fully saturated rings. The number of anilines is 1.